The highest BCUT2D eigenvalue weighted by Gasteiger charge is 2.49. The average molecular weight is 657 g/mol. The van der Waals surface area contributed by atoms with Gasteiger partial charge in [-0.05, 0) is 60.9 Å². The van der Waals surface area contributed by atoms with E-state index in [9.17, 15) is 18.0 Å². The zero-order valence-electron chi connectivity index (χ0n) is 25.0. The zero-order chi connectivity index (χ0) is 30.6. The number of allylic oxidation sites excluding steroid dienone is 4. The van der Waals surface area contributed by atoms with Crippen LogP contribution in [0.3, 0.4) is 0 Å². The molecule has 42 heavy (non-hydrogen) atoms. The van der Waals surface area contributed by atoms with E-state index in [1.807, 2.05) is 6.92 Å². The van der Waals surface area contributed by atoms with Gasteiger partial charge in [0.25, 0.3) is 0 Å². The molecule has 224 valence electrons. The van der Waals surface area contributed by atoms with E-state index >= 15 is 0 Å². The van der Waals surface area contributed by atoms with Gasteiger partial charge in [-0.1, -0.05) is 61.3 Å². The van der Waals surface area contributed by atoms with Gasteiger partial charge in [0, 0.05) is 65.0 Å². The number of aryl methyl sites for hydroxylation is 1. The summed E-state index contributed by atoms with van der Waals surface area (Å²) in [5.41, 5.74) is 3.72. The van der Waals surface area contributed by atoms with Gasteiger partial charge in [0.1, 0.15) is 10.6 Å². The molecular formula is C33H38BrNO6S. The second-order valence-corrected chi connectivity index (χ2v) is 15.7. The van der Waals surface area contributed by atoms with Crippen LogP contribution in [0.5, 0.6) is 5.75 Å². The minimum absolute atomic E-state index is 0.0298. The van der Waals surface area contributed by atoms with Gasteiger partial charge in [-0.15, -0.1) is 0 Å². The van der Waals surface area contributed by atoms with Crippen LogP contribution < -0.4 is 4.18 Å². The quantitative estimate of drug-likeness (QED) is 0.301. The highest BCUT2D eigenvalue weighted by molar-refractivity contribution is 9.10. The lowest BCUT2D eigenvalue weighted by Crippen LogP contribution is -2.45. The Hall–Kier alpha value is -2.75. The zero-order valence-corrected chi connectivity index (χ0v) is 27.4. The normalized spacial score (nSPS) is 20.5. The molecule has 7 nitrogen and oxygen atoms in total. The monoisotopic (exact) mass is 655 g/mol. The number of carbonyl (C=O) groups is 2. The van der Waals surface area contributed by atoms with Crippen molar-refractivity contribution in [3.63, 3.8) is 0 Å². The number of hydrogen-bond acceptors (Lipinski definition) is 7. The number of hydrogen-bond donors (Lipinski definition) is 0. The highest BCUT2D eigenvalue weighted by atomic mass is 79.9. The van der Waals surface area contributed by atoms with Crippen molar-refractivity contribution in [1.82, 2.24) is 4.90 Å². The fourth-order valence-corrected chi connectivity index (χ4v) is 7.84. The number of methoxy groups -OCH3 is 1. The molecule has 0 atom stereocenters. The summed E-state index contributed by atoms with van der Waals surface area (Å²) >= 11 is 3.55. The van der Waals surface area contributed by atoms with Crippen LogP contribution in [0.15, 0.2) is 74.4 Å². The van der Waals surface area contributed by atoms with Crippen LogP contribution in [-0.2, 0) is 24.4 Å². The smallest absolute Gasteiger partial charge is 0.339 e. The molecule has 0 amide bonds. The van der Waals surface area contributed by atoms with E-state index in [2.05, 4.69) is 48.5 Å². The summed E-state index contributed by atoms with van der Waals surface area (Å²) in [6.07, 6.45) is 1.94. The van der Waals surface area contributed by atoms with Crippen molar-refractivity contribution in [3.8, 4) is 5.75 Å². The second kappa shape index (κ2) is 11.1. The Morgan fingerprint density at radius 3 is 1.95 bits per heavy atom. The van der Waals surface area contributed by atoms with Crippen molar-refractivity contribution < 1.29 is 26.9 Å². The van der Waals surface area contributed by atoms with Crippen molar-refractivity contribution in [2.45, 2.75) is 71.1 Å². The van der Waals surface area contributed by atoms with Gasteiger partial charge in [0.2, 0.25) is 0 Å². The summed E-state index contributed by atoms with van der Waals surface area (Å²) in [5, 5.41) is 0. The number of Topliss-reactive ketones (excluding diaryl/α,β-unsaturated/α-hetero) is 2. The van der Waals surface area contributed by atoms with E-state index < -0.39 is 16.0 Å². The maximum absolute atomic E-state index is 14.1. The molecule has 0 aromatic heterocycles. The maximum Gasteiger partial charge on any atom is 0.339 e. The van der Waals surface area contributed by atoms with E-state index in [-0.39, 0.29) is 33.0 Å². The molecule has 2 aromatic rings. The van der Waals surface area contributed by atoms with E-state index in [0.29, 0.717) is 60.0 Å². The third-order valence-corrected chi connectivity index (χ3v) is 10.1. The van der Waals surface area contributed by atoms with E-state index in [1.165, 1.54) is 12.1 Å². The molecule has 9 heteroatoms. The van der Waals surface area contributed by atoms with Crippen LogP contribution in [0.4, 0.5) is 0 Å². The van der Waals surface area contributed by atoms with Crippen molar-refractivity contribution in [2.24, 2.45) is 10.8 Å². The fourth-order valence-electron chi connectivity index (χ4n) is 6.50. The second-order valence-electron chi connectivity index (χ2n) is 13.2. The Morgan fingerprint density at radius 1 is 0.881 bits per heavy atom. The van der Waals surface area contributed by atoms with Gasteiger partial charge in [0.15, 0.2) is 11.6 Å². The lowest BCUT2D eigenvalue weighted by atomic mass is 9.63. The number of benzene rings is 2. The first-order chi connectivity index (χ1) is 19.6. The maximum atomic E-state index is 14.1. The molecule has 2 aromatic carbocycles. The Balaban J connectivity index is 1.75. The molecule has 0 spiro atoms. The predicted molar refractivity (Wildman–Crippen MR) is 165 cm³/mol. The molecule has 0 radical (unpaired) electrons. The number of nitrogens with zero attached hydrogens (tertiary/aromatic N) is 1. The lowest BCUT2D eigenvalue weighted by Gasteiger charge is -2.49. The molecule has 3 aliphatic rings. The van der Waals surface area contributed by atoms with Gasteiger partial charge in [-0.2, -0.15) is 8.42 Å². The number of ketones is 2. The highest BCUT2D eigenvalue weighted by Crippen LogP contribution is 2.55. The molecule has 1 heterocycles. The number of ether oxygens (including phenoxy) is 1. The molecule has 0 N–H and O–H groups in total. The van der Waals surface area contributed by atoms with Crippen LogP contribution >= 0.6 is 15.9 Å². The van der Waals surface area contributed by atoms with Crippen molar-refractivity contribution in [2.75, 3.05) is 20.3 Å². The third kappa shape index (κ3) is 5.88. The molecular weight excluding hydrogens is 618 g/mol. The summed E-state index contributed by atoms with van der Waals surface area (Å²) in [6, 6.07) is 11.5. The van der Waals surface area contributed by atoms with Gasteiger partial charge in [-0.3, -0.25) is 9.59 Å². The topological polar surface area (TPSA) is 90.0 Å². The summed E-state index contributed by atoms with van der Waals surface area (Å²) in [6.45, 7) is 11.2. The summed E-state index contributed by atoms with van der Waals surface area (Å²) in [7, 11) is -2.55. The molecule has 0 unspecified atom stereocenters. The van der Waals surface area contributed by atoms with Crippen LogP contribution in [0.1, 0.15) is 70.4 Å². The van der Waals surface area contributed by atoms with Crippen LogP contribution in [-0.4, -0.2) is 45.1 Å². The van der Waals surface area contributed by atoms with E-state index in [4.69, 9.17) is 8.92 Å². The Bertz CT molecular complexity index is 1560. The summed E-state index contributed by atoms with van der Waals surface area (Å²) < 4.78 is 38.9. The largest absolute Gasteiger partial charge is 0.383 e. The van der Waals surface area contributed by atoms with Gasteiger partial charge >= 0.3 is 10.1 Å². The summed E-state index contributed by atoms with van der Waals surface area (Å²) in [5.74, 6) is -0.722. The van der Waals surface area contributed by atoms with Crippen LogP contribution in [0.25, 0.3) is 0 Å². The van der Waals surface area contributed by atoms with Gasteiger partial charge < -0.3 is 13.8 Å². The SMILES string of the molecule is COCCN1C2=C(C(=O)CC(C)(C)C2)C(c2cc(Br)ccc2OS(=O)(=O)c2ccc(C)cc2)C2=C1CC(C)(C)CC2=O. The molecule has 1 aliphatic heterocycles. The number of rotatable bonds is 7. The van der Waals surface area contributed by atoms with Crippen LogP contribution in [0.2, 0.25) is 0 Å². The predicted octanol–water partition coefficient (Wildman–Crippen LogP) is 6.86. The first-order valence-electron chi connectivity index (χ1n) is 14.2. The molecule has 0 fully saturated rings. The van der Waals surface area contributed by atoms with Crippen LogP contribution in [0, 0.1) is 17.8 Å². The Kier molecular flexibility index (Phi) is 8.09. The van der Waals surface area contributed by atoms with Gasteiger partial charge in [0.05, 0.1) is 6.61 Å². The molecule has 0 saturated heterocycles. The Labute approximate surface area is 257 Å². The third-order valence-electron chi connectivity index (χ3n) is 8.33. The van der Waals surface area contributed by atoms with Crippen molar-refractivity contribution in [3.05, 3.63) is 80.6 Å². The summed E-state index contributed by atoms with van der Waals surface area (Å²) in [4.78, 5) is 30.3. The molecule has 5 rings (SSSR count). The van der Waals surface area contributed by atoms with E-state index in [0.717, 1.165) is 17.0 Å². The average Bonchev–Trinajstić information content (AvgIpc) is 2.87. The van der Waals surface area contributed by atoms with E-state index in [1.54, 1.807) is 37.4 Å². The lowest BCUT2D eigenvalue weighted by molar-refractivity contribution is -0.119. The molecule has 0 bridgehead atoms. The van der Waals surface area contributed by atoms with Crippen molar-refractivity contribution >= 4 is 37.6 Å². The van der Waals surface area contributed by atoms with Gasteiger partial charge in [-0.25, -0.2) is 0 Å². The first kappa shape index (κ1) is 30.7. The minimum atomic E-state index is -4.19. The molecule has 2 aliphatic carbocycles. The fraction of sp³-hybridized carbons (Fsp3) is 0.455. The van der Waals surface area contributed by atoms with Crippen molar-refractivity contribution in [1.29, 1.82) is 0 Å². The molecule has 0 saturated carbocycles. The standard InChI is InChI=1S/C33H38BrNO6S/c1-20-7-10-22(11-8-20)42(38,39)41-28-12-9-21(34)15-23(28)29-30-24(16-32(2,3)18-26(30)36)35(13-14-40-6)25-17-33(4,5)19-27(37)31(25)29/h7-12,15,29H,13-14,16-19H2,1-6H3. The Morgan fingerprint density at radius 2 is 1.43 bits per heavy atom. The number of halogens is 1. The first-order valence-corrected chi connectivity index (χ1v) is 16.4. The number of carbonyl (C=O) groups excluding carboxylic acids is 2. The minimum Gasteiger partial charge on any atom is -0.383 e.